The van der Waals surface area contributed by atoms with Crippen LogP contribution in [0.4, 0.5) is 0 Å². The van der Waals surface area contributed by atoms with Crippen molar-refractivity contribution in [3.8, 4) is 5.75 Å². The van der Waals surface area contributed by atoms with Crippen LogP contribution in [0.3, 0.4) is 0 Å². The van der Waals surface area contributed by atoms with Gasteiger partial charge in [-0.2, -0.15) is 0 Å². The second kappa shape index (κ2) is 8.03. The summed E-state index contributed by atoms with van der Waals surface area (Å²) in [4.78, 5) is 13.2. The topological polar surface area (TPSA) is 48.0 Å². The van der Waals surface area contributed by atoms with Gasteiger partial charge in [0.25, 0.3) is 0 Å². The molecule has 148 valence electrons. The van der Waals surface area contributed by atoms with E-state index in [1.807, 2.05) is 32.0 Å². The first kappa shape index (κ1) is 19.1. The smallest absolute Gasteiger partial charge is 0.163 e. The monoisotopic (exact) mass is 381 g/mol. The SMILES string of the molecule is CC1(C)O[C@@H]2[C@@H](CN(Cc3ccccc3)[C@H]2CCOc2ccc(C=O)cc2)O1. The molecule has 0 unspecified atom stereocenters. The zero-order valence-electron chi connectivity index (χ0n) is 16.4. The first-order valence-electron chi connectivity index (χ1n) is 9.86. The molecule has 3 atom stereocenters. The summed E-state index contributed by atoms with van der Waals surface area (Å²) < 4.78 is 18.3. The van der Waals surface area contributed by atoms with Gasteiger partial charge in [0.1, 0.15) is 24.2 Å². The molecule has 0 aliphatic carbocycles. The molecule has 2 fully saturated rings. The maximum Gasteiger partial charge on any atom is 0.163 e. The molecule has 0 amide bonds. The van der Waals surface area contributed by atoms with Gasteiger partial charge in [-0.15, -0.1) is 0 Å². The van der Waals surface area contributed by atoms with Gasteiger partial charge in [0.15, 0.2) is 5.79 Å². The molecule has 0 spiro atoms. The van der Waals surface area contributed by atoms with E-state index >= 15 is 0 Å². The predicted molar refractivity (Wildman–Crippen MR) is 106 cm³/mol. The van der Waals surface area contributed by atoms with Crippen LogP contribution < -0.4 is 4.74 Å². The summed E-state index contributed by atoms with van der Waals surface area (Å²) in [5.74, 6) is 0.247. The molecule has 5 heteroatoms. The molecule has 0 radical (unpaired) electrons. The van der Waals surface area contributed by atoms with Crippen LogP contribution in [-0.2, 0) is 16.0 Å². The third kappa shape index (κ3) is 4.27. The Morgan fingerprint density at radius 3 is 2.57 bits per heavy atom. The molecular formula is C23H27NO4. The number of hydrogen-bond acceptors (Lipinski definition) is 5. The van der Waals surface area contributed by atoms with Crippen LogP contribution in [0.5, 0.6) is 5.75 Å². The van der Waals surface area contributed by atoms with E-state index in [0.29, 0.717) is 12.2 Å². The Hall–Kier alpha value is -2.21. The lowest BCUT2D eigenvalue weighted by Gasteiger charge is -2.30. The van der Waals surface area contributed by atoms with Crippen molar-refractivity contribution in [2.45, 2.75) is 50.8 Å². The predicted octanol–water partition coefficient (Wildman–Crippen LogP) is 3.67. The van der Waals surface area contributed by atoms with E-state index in [2.05, 4.69) is 29.2 Å². The van der Waals surface area contributed by atoms with Crippen molar-refractivity contribution in [1.82, 2.24) is 4.90 Å². The molecule has 2 aliphatic rings. The van der Waals surface area contributed by atoms with E-state index in [4.69, 9.17) is 14.2 Å². The third-order valence-corrected chi connectivity index (χ3v) is 5.41. The highest BCUT2D eigenvalue weighted by molar-refractivity contribution is 5.74. The fourth-order valence-electron chi connectivity index (χ4n) is 4.19. The largest absolute Gasteiger partial charge is 0.494 e. The van der Waals surface area contributed by atoms with Gasteiger partial charge in [-0.25, -0.2) is 0 Å². The highest BCUT2D eigenvalue weighted by Gasteiger charge is 2.52. The summed E-state index contributed by atoms with van der Waals surface area (Å²) in [6.07, 6.45) is 1.83. The summed E-state index contributed by atoms with van der Waals surface area (Å²) in [5, 5.41) is 0. The van der Waals surface area contributed by atoms with Crippen molar-refractivity contribution >= 4 is 6.29 Å². The van der Waals surface area contributed by atoms with Gasteiger partial charge in [-0.05, 0) is 50.1 Å². The van der Waals surface area contributed by atoms with Gasteiger partial charge in [-0.3, -0.25) is 9.69 Å². The van der Waals surface area contributed by atoms with Crippen LogP contribution >= 0.6 is 0 Å². The van der Waals surface area contributed by atoms with E-state index in [1.165, 1.54) is 5.56 Å². The lowest BCUT2D eigenvalue weighted by molar-refractivity contribution is -0.162. The minimum Gasteiger partial charge on any atom is -0.494 e. The molecule has 0 N–H and O–H groups in total. The van der Waals surface area contributed by atoms with E-state index in [9.17, 15) is 4.79 Å². The molecule has 4 rings (SSSR count). The summed E-state index contributed by atoms with van der Waals surface area (Å²) in [6, 6.07) is 17.9. The Morgan fingerprint density at radius 2 is 1.86 bits per heavy atom. The number of fused-ring (bicyclic) bond motifs is 1. The van der Waals surface area contributed by atoms with Crippen molar-refractivity contribution in [2.24, 2.45) is 0 Å². The average molecular weight is 381 g/mol. The van der Waals surface area contributed by atoms with Crippen molar-refractivity contribution in [1.29, 1.82) is 0 Å². The molecular weight excluding hydrogens is 354 g/mol. The van der Waals surface area contributed by atoms with Gasteiger partial charge in [-0.1, -0.05) is 30.3 Å². The first-order chi connectivity index (χ1) is 13.5. The van der Waals surface area contributed by atoms with Crippen molar-refractivity contribution in [2.75, 3.05) is 13.2 Å². The first-order valence-corrected chi connectivity index (χ1v) is 9.86. The quantitative estimate of drug-likeness (QED) is 0.685. The lowest BCUT2D eigenvalue weighted by Crippen LogP contribution is -2.39. The molecule has 2 aliphatic heterocycles. The highest BCUT2D eigenvalue weighted by Crippen LogP contribution is 2.38. The van der Waals surface area contributed by atoms with E-state index < -0.39 is 5.79 Å². The Balaban J connectivity index is 1.41. The second-order valence-electron chi connectivity index (χ2n) is 7.95. The van der Waals surface area contributed by atoms with Crippen molar-refractivity contribution in [3.63, 3.8) is 0 Å². The number of carbonyl (C=O) groups is 1. The number of hydrogen-bond donors (Lipinski definition) is 0. The van der Waals surface area contributed by atoms with Gasteiger partial charge >= 0.3 is 0 Å². The molecule has 0 bridgehead atoms. The van der Waals surface area contributed by atoms with Crippen LogP contribution in [-0.4, -0.2) is 48.4 Å². The number of likely N-dealkylation sites (tertiary alicyclic amines) is 1. The summed E-state index contributed by atoms with van der Waals surface area (Å²) >= 11 is 0. The Kier molecular flexibility index (Phi) is 5.49. The molecule has 2 saturated heterocycles. The molecule has 0 aromatic heterocycles. The van der Waals surface area contributed by atoms with Gasteiger partial charge in [0.2, 0.25) is 0 Å². The normalized spacial score (nSPS) is 26.1. The minimum atomic E-state index is -0.530. The van der Waals surface area contributed by atoms with Gasteiger partial charge in [0, 0.05) is 24.7 Å². The molecule has 28 heavy (non-hydrogen) atoms. The molecule has 2 aromatic carbocycles. The van der Waals surface area contributed by atoms with Gasteiger partial charge in [0.05, 0.1) is 6.61 Å². The maximum atomic E-state index is 10.8. The Labute approximate surface area is 166 Å². The van der Waals surface area contributed by atoms with Crippen molar-refractivity contribution in [3.05, 3.63) is 65.7 Å². The Bertz CT molecular complexity index is 790. The third-order valence-electron chi connectivity index (χ3n) is 5.41. The van der Waals surface area contributed by atoms with E-state index in [0.717, 1.165) is 31.5 Å². The van der Waals surface area contributed by atoms with E-state index in [1.54, 1.807) is 12.1 Å². The maximum absolute atomic E-state index is 10.8. The fraction of sp³-hybridized carbons (Fsp3) is 0.435. The van der Waals surface area contributed by atoms with Gasteiger partial charge < -0.3 is 14.2 Å². The minimum absolute atomic E-state index is 0.0553. The number of carbonyl (C=O) groups excluding carboxylic acids is 1. The van der Waals surface area contributed by atoms with Crippen molar-refractivity contribution < 1.29 is 19.0 Å². The number of rotatable bonds is 7. The van der Waals surface area contributed by atoms with Crippen LogP contribution in [0.2, 0.25) is 0 Å². The van der Waals surface area contributed by atoms with Crippen LogP contribution in [0.1, 0.15) is 36.2 Å². The number of ether oxygens (including phenoxy) is 3. The highest BCUT2D eigenvalue weighted by atomic mass is 16.8. The lowest BCUT2D eigenvalue weighted by atomic mass is 10.1. The average Bonchev–Trinajstić information content (AvgIpc) is 3.15. The zero-order chi connectivity index (χ0) is 19.6. The molecule has 2 aromatic rings. The summed E-state index contributed by atoms with van der Waals surface area (Å²) in [6.45, 7) is 6.29. The van der Waals surface area contributed by atoms with E-state index in [-0.39, 0.29) is 18.2 Å². The molecule has 2 heterocycles. The fourth-order valence-corrected chi connectivity index (χ4v) is 4.19. The zero-order valence-corrected chi connectivity index (χ0v) is 16.4. The standard InChI is InChI=1S/C23H27NO4/c1-23(2)27-21-15-24(14-17-6-4-3-5-7-17)20(22(21)28-23)12-13-26-19-10-8-18(16-25)9-11-19/h3-11,16,20-22H,12-15H2,1-2H3/t20-,21+,22-/m0/s1. The second-order valence-corrected chi connectivity index (χ2v) is 7.95. The number of aldehydes is 1. The summed E-state index contributed by atoms with van der Waals surface area (Å²) in [7, 11) is 0. The molecule has 0 saturated carbocycles. The number of nitrogens with zero attached hydrogens (tertiary/aromatic N) is 1. The van der Waals surface area contributed by atoms with Crippen LogP contribution in [0.25, 0.3) is 0 Å². The summed E-state index contributed by atoms with van der Waals surface area (Å²) in [5.41, 5.74) is 1.94. The molecule has 5 nitrogen and oxygen atoms in total. The van der Waals surface area contributed by atoms with Crippen LogP contribution in [0.15, 0.2) is 54.6 Å². The number of benzene rings is 2. The Morgan fingerprint density at radius 1 is 1.11 bits per heavy atom. The van der Waals surface area contributed by atoms with Crippen LogP contribution in [0, 0.1) is 0 Å².